The quantitative estimate of drug-likeness (QED) is 0.828. The fourth-order valence-electron chi connectivity index (χ4n) is 1.71. The molecule has 0 bridgehead atoms. The Balaban J connectivity index is 0.00000289. The summed E-state index contributed by atoms with van der Waals surface area (Å²) >= 11 is 0. The van der Waals surface area contributed by atoms with Crippen molar-refractivity contribution in [2.45, 2.75) is 13.8 Å². The number of rotatable bonds is 7. The molecule has 4 heteroatoms. The van der Waals surface area contributed by atoms with Crippen molar-refractivity contribution in [2.75, 3.05) is 33.3 Å². The van der Waals surface area contributed by atoms with Crippen LogP contribution < -0.4 is 10.5 Å². The first-order valence-electron chi connectivity index (χ1n) is 6.10. The van der Waals surface area contributed by atoms with E-state index in [9.17, 15) is 0 Å². The van der Waals surface area contributed by atoms with Gasteiger partial charge in [0.15, 0.2) is 0 Å². The summed E-state index contributed by atoms with van der Waals surface area (Å²) in [5.74, 6) is 0.930. The highest BCUT2D eigenvalue weighted by atomic mass is 35.5. The lowest BCUT2D eigenvalue weighted by Crippen LogP contribution is -2.38. The fourth-order valence-corrected chi connectivity index (χ4v) is 1.71. The minimum atomic E-state index is 0. The Morgan fingerprint density at radius 2 is 1.83 bits per heavy atom. The number of nitrogens with zero attached hydrogens (tertiary/aromatic N) is 1. The van der Waals surface area contributed by atoms with Gasteiger partial charge in [0, 0.05) is 13.1 Å². The lowest BCUT2D eigenvalue weighted by atomic mass is 9.93. The van der Waals surface area contributed by atoms with E-state index < -0.39 is 0 Å². The molecule has 1 aromatic rings. The van der Waals surface area contributed by atoms with Crippen LogP contribution in [0.25, 0.3) is 0 Å². The smallest absolute Gasteiger partial charge is 0.119 e. The molecule has 0 aliphatic rings. The van der Waals surface area contributed by atoms with Gasteiger partial charge in [0.25, 0.3) is 0 Å². The number of nitrogens with two attached hydrogens (primary N) is 1. The Morgan fingerprint density at radius 3 is 2.39 bits per heavy atom. The topological polar surface area (TPSA) is 38.5 Å². The summed E-state index contributed by atoms with van der Waals surface area (Å²) in [6.07, 6.45) is 0. The second kappa shape index (κ2) is 8.35. The van der Waals surface area contributed by atoms with Gasteiger partial charge in [-0.15, -0.1) is 12.4 Å². The standard InChI is InChI=1S/C14H24N2O.ClH/c1-14(2,11-15)12-16(3)9-10-17-13-7-5-4-6-8-13;/h4-8H,9-12,15H2,1-3H3;1H. The van der Waals surface area contributed by atoms with E-state index in [-0.39, 0.29) is 17.8 Å². The van der Waals surface area contributed by atoms with Crippen LogP contribution in [0.15, 0.2) is 30.3 Å². The first-order chi connectivity index (χ1) is 8.03. The van der Waals surface area contributed by atoms with Crippen LogP contribution in [0.2, 0.25) is 0 Å². The van der Waals surface area contributed by atoms with Crippen LogP contribution >= 0.6 is 12.4 Å². The molecule has 3 nitrogen and oxygen atoms in total. The Kier molecular flexibility index (Phi) is 8.00. The van der Waals surface area contributed by atoms with Gasteiger partial charge in [0.1, 0.15) is 12.4 Å². The van der Waals surface area contributed by atoms with Crippen molar-refractivity contribution in [2.24, 2.45) is 11.1 Å². The first kappa shape index (κ1) is 17.2. The van der Waals surface area contributed by atoms with E-state index in [0.29, 0.717) is 13.2 Å². The summed E-state index contributed by atoms with van der Waals surface area (Å²) < 4.78 is 5.65. The van der Waals surface area contributed by atoms with Crippen molar-refractivity contribution < 1.29 is 4.74 Å². The zero-order valence-electron chi connectivity index (χ0n) is 11.6. The van der Waals surface area contributed by atoms with E-state index in [4.69, 9.17) is 10.5 Å². The predicted molar refractivity (Wildman–Crippen MR) is 79.5 cm³/mol. The second-order valence-corrected chi connectivity index (χ2v) is 5.27. The van der Waals surface area contributed by atoms with E-state index in [0.717, 1.165) is 18.8 Å². The summed E-state index contributed by atoms with van der Waals surface area (Å²) in [5, 5.41) is 0. The summed E-state index contributed by atoms with van der Waals surface area (Å²) in [4.78, 5) is 2.26. The van der Waals surface area contributed by atoms with E-state index in [1.165, 1.54) is 0 Å². The molecule has 0 saturated heterocycles. The van der Waals surface area contributed by atoms with Gasteiger partial charge in [-0.2, -0.15) is 0 Å². The predicted octanol–water partition coefficient (Wildman–Crippen LogP) is 2.40. The first-order valence-corrected chi connectivity index (χ1v) is 6.10. The van der Waals surface area contributed by atoms with Crippen molar-refractivity contribution in [3.05, 3.63) is 30.3 Å². The van der Waals surface area contributed by atoms with Crippen LogP contribution in [0.4, 0.5) is 0 Å². The molecule has 1 rings (SSSR count). The van der Waals surface area contributed by atoms with Gasteiger partial charge in [-0.25, -0.2) is 0 Å². The molecule has 0 aromatic heterocycles. The van der Waals surface area contributed by atoms with Crippen LogP contribution in [0.5, 0.6) is 5.75 Å². The number of hydrogen-bond acceptors (Lipinski definition) is 3. The zero-order chi connectivity index (χ0) is 12.7. The molecule has 1 aromatic carbocycles. The summed E-state index contributed by atoms with van der Waals surface area (Å²) in [5.41, 5.74) is 5.88. The average Bonchev–Trinajstić information content (AvgIpc) is 2.30. The molecule has 0 radical (unpaired) electrons. The van der Waals surface area contributed by atoms with Crippen LogP contribution in [-0.2, 0) is 0 Å². The highest BCUT2D eigenvalue weighted by Gasteiger charge is 2.17. The van der Waals surface area contributed by atoms with Gasteiger partial charge in [0.2, 0.25) is 0 Å². The zero-order valence-corrected chi connectivity index (χ0v) is 12.4. The van der Waals surface area contributed by atoms with Gasteiger partial charge < -0.3 is 15.4 Å². The molecule has 0 saturated carbocycles. The highest BCUT2D eigenvalue weighted by Crippen LogP contribution is 2.13. The Morgan fingerprint density at radius 1 is 1.22 bits per heavy atom. The number of para-hydroxylation sites is 1. The van der Waals surface area contributed by atoms with Gasteiger partial charge in [0.05, 0.1) is 0 Å². The second-order valence-electron chi connectivity index (χ2n) is 5.27. The molecule has 104 valence electrons. The van der Waals surface area contributed by atoms with Crippen LogP contribution in [0, 0.1) is 5.41 Å². The molecule has 0 aliphatic carbocycles. The minimum absolute atomic E-state index is 0. The molecule has 0 atom stereocenters. The van der Waals surface area contributed by atoms with Gasteiger partial charge >= 0.3 is 0 Å². The third-order valence-corrected chi connectivity index (χ3v) is 2.74. The lowest BCUT2D eigenvalue weighted by Gasteiger charge is -2.28. The fraction of sp³-hybridized carbons (Fsp3) is 0.571. The van der Waals surface area contributed by atoms with E-state index in [2.05, 4.69) is 25.8 Å². The number of ether oxygens (including phenoxy) is 1. The Hall–Kier alpha value is -0.770. The normalized spacial score (nSPS) is 11.2. The summed E-state index contributed by atoms with van der Waals surface area (Å²) in [6, 6.07) is 9.91. The van der Waals surface area contributed by atoms with Gasteiger partial charge in [-0.05, 0) is 31.1 Å². The van der Waals surface area contributed by atoms with E-state index >= 15 is 0 Å². The molecule has 0 unspecified atom stereocenters. The molecule has 0 aliphatic heterocycles. The van der Waals surface area contributed by atoms with Crippen molar-refractivity contribution in [3.8, 4) is 5.75 Å². The number of benzene rings is 1. The Labute approximate surface area is 117 Å². The van der Waals surface area contributed by atoms with Crippen LogP contribution in [0.1, 0.15) is 13.8 Å². The van der Waals surface area contributed by atoms with E-state index in [1.807, 2.05) is 30.3 Å². The molecule has 2 N–H and O–H groups in total. The monoisotopic (exact) mass is 272 g/mol. The molecule has 0 amide bonds. The average molecular weight is 273 g/mol. The van der Waals surface area contributed by atoms with Gasteiger partial charge in [-0.1, -0.05) is 32.0 Å². The van der Waals surface area contributed by atoms with E-state index in [1.54, 1.807) is 0 Å². The van der Waals surface area contributed by atoms with Crippen molar-refractivity contribution in [3.63, 3.8) is 0 Å². The maximum absolute atomic E-state index is 5.72. The maximum Gasteiger partial charge on any atom is 0.119 e. The van der Waals surface area contributed by atoms with Gasteiger partial charge in [-0.3, -0.25) is 0 Å². The molecule has 18 heavy (non-hydrogen) atoms. The molecule has 0 fully saturated rings. The molecular weight excluding hydrogens is 248 g/mol. The lowest BCUT2D eigenvalue weighted by molar-refractivity contribution is 0.181. The van der Waals surface area contributed by atoms with Crippen LogP contribution in [0.3, 0.4) is 0 Å². The van der Waals surface area contributed by atoms with Crippen LogP contribution in [-0.4, -0.2) is 38.2 Å². The maximum atomic E-state index is 5.72. The Bertz CT molecular complexity index is 317. The summed E-state index contributed by atoms with van der Waals surface area (Å²) in [7, 11) is 2.10. The third kappa shape index (κ3) is 6.84. The van der Waals surface area contributed by atoms with Crippen molar-refractivity contribution >= 4 is 12.4 Å². The summed E-state index contributed by atoms with van der Waals surface area (Å²) in [6.45, 7) is 7.68. The number of hydrogen-bond donors (Lipinski definition) is 1. The largest absolute Gasteiger partial charge is 0.492 e. The number of likely N-dealkylation sites (N-methyl/N-ethyl adjacent to an activating group) is 1. The molecular formula is C14H25ClN2O. The minimum Gasteiger partial charge on any atom is -0.492 e. The molecule has 0 heterocycles. The van der Waals surface area contributed by atoms with Crippen molar-refractivity contribution in [1.82, 2.24) is 4.90 Å². The van der Waals surface area contributed by atoms with Crippen molar-refractivity contribution in [1.29, 1.82) is 0 Å². The molecule has 0 spiro atoms. The SMILES string of the molecule is CN(CCOc1ccccc1)CC(C)(C)CN.Cl. The third-order valence-electron chi connectivity index (χ3n) is 2.74. The number of halogens is 1. The highest BCUT2D eigenvalue weighted by molar-refractivity contribution is 5.85.